The maximum absolute atomic E-state index is 13.2. The molecule has 212 valence electrons. The van der Waals surface area contributed by atoms with Gasteiger partial charge in [-0.2, -0.15) is 0 Å². The Bertz CT molecular complexity index is 1350. The largest absolute Gasteiger partial charge is 0.469 e. The van der Waals surface area contributed by atoms with Gasteiger partial charge in [-0.3, -0.25) is 4.79 Å². The maximum Gasteiger partial charge on any atom is 0.305 e. The lowest BCUT2D eigenvalue weighted by Crippen LogP contribution is -2.39. The number of unbranched alkanes of at least 4 members (excludes halogenated alkanes) is 1. The van der Waals surface area contributed by atoms with Crippen molar-refractivity contribution in [2.75, 3.05) is 7.11 Å². The van der Waals surface area contributed by atoms with E-state index in [1.165, 1.54) is 12.7 Å². The molecule has 1 N–H and O–H groups in total. The Balaban J connectivity index is 1.40. The molecule has 3 aromatic carbocycles. The fraction of sp³-hybridized carbons (Fsp3) is 0.364. The molecule has 0 amide bonds. The molecule has 1 fully saturated rings. The highest BCUT2D eigenvalue weighted by molar-refractivity contribution is 7.89. The van der Waals surface area contributed by atoms with Crippen molar-refractivity contribution >= 4 is 16.0 Å². The molecule has 0 aliphatic heterocycles. The van der Waals surface area contributed by atoms with Gasteiger partial charge < -0.3 is 9.47 Å². The average Bonchev–Trinajstić information content (AvgIpc) is 3.34. The number of rotatable bonds is 13. The van der Waals surface area contributed by atoms with Crippen LogP contribution in [0.2, 0.25) is 0 Å². The molecule has 0 bridgehead atoms. The summed E-state index contributed by atoms with van der Waals surface area (Å²) in [4.78, 5) is 11.6. The van der Waals surface area contributed by atoms with Crippen molar-refractivity contribution in [3.05, 3.63) is 102 Å². The highest BCUT2D eigenvalue weighted by atomic mass is 32.2. The molecule has 40 heavy (non-hydrogen) atoms. The second-order valence-corrected chi connectivity index (χ2v) is 12.1. The number of aryl methyl sites for hydroxylation is 1. The minimum Gasteiger partial charge on any atom is -0.469 e. The summed E-state index contributed by atoms with van der Waals surface area (Å²) in [7, 11) is -2.25. The van der Waals surface area contributed by atoms with Gasteiger partial charge in [0.2, 0.25) is 10.0 Å². The van der Waals surface area contributed by atoms with Crippen LogP contribution < -0.4 is 4.72 Å². The van der Waals surface area contributed by atoms with E-state index in [2.05, 4.69) is 53.3 Å². The molecule has 0 radical (unpaired) electrons. The van der Waals surface area contributed by atoms with Crippen LogP contribution in [0.25, 0.3) is 11.1 Å². The van der Waals surface area contributed by atoms with Gasteiger partial charge in [0, 0.05) is 18.4 Å². The van der Waals surface area contributed by atoms with E-state index in [1.807, 2.05) is 37.3 Å². The lowest BCUT2D eigenvalue weighted by molar-refractivity contribution is -0.140. The number of hydrogen-bond donors (Lipinski definition) is 1. The van der Waals surface area contributed by atoms with Gasteiger partial charge in [-0.1, -0.05) is 84.4 Å². The maximum atomic E-state index is 13.2. The van der Waals surface area contributed by atoms with Crippen LogP contribution in [0, 0.1) is 12.8 Å². The fourth-order valence-electron chi connectivity index (χ4n) is 5.15. The van der Waals surface area contributed by atoms with E-state index in [0.717, 1.165) is 36.0 Å². The third-order valence-electron chi connectivity index (χ3n) is 7.47. The lowest BCUT2D eigenvalue weighted by atomic mass is 9.97. The summed E-state index contributed by atoms with van der Waals surface area (Å²) in [5, 5.41) is 0. The number of ether oxygens (including phenoxy) is 2. The van der Waals surface area contributed by atoms with Gasteiger partial charge >= 0.3 is 5.97 Å². The molecule has 1 aliphatic carbocycles. The zero-order valence-electron chi connectivity index (χ0n) is 23.3. The van der Waals surface area contributed by atoms with Gasteiger partial charge in [-0.25, -0.2) is 13.1 Å². The van der Waals surface area contributed by atoms with Gasteiger partial charge in [-0.05, 0) is 67.9 Å². The molecule has 0 saturated heterocycles. The Labute approximate surface area is 238 Å². The zero-order chi connectivity index (χ0) is 28.4. The normalized spacial score (nSPS) is 19.2. The predicted octanol–water partition coefficient (Wildman–Crippen LogP) is 6.59. The minimum atomic E-state index is -3.65. The first-order chi connectivity index (χ1) is 19.4. The molecule has 0 unspecified atom stereocenters. The van der Waals surface area contributed by atoms with E-state index in [9.17, 15) is 13.2 Å². The molecule has 3 atom stereocenters. The first kappa shape index (κ1) is 29.7. The SMILES string of the molecule is COC(=O)CCCC=CC[C@@H]1[C@@H](NS(=O)(=O)c2ccc(C)cc2)CC[C@@H]1OCc1ccc(-c2ccccc2)cc1. The number of benzene rings is 3. The zero-order valence-corrected chi connectivity index (χ0v) is 24.1. The molecule has 6 nitrogen and oxygen atoms in total. The van der Waals surface area contributed by atoms with Crippen LogP contribution in [0.5, 0.6) is 0 Å². The van der Waals surface area contributed by atoms with Crippen LogP contribution in [0.3, 0.4) is 0 Å². The summed E-state index contributed by atoms with van der Waals surface area (Å²) < 4.78 is 40.4. The van der Waals surface area contributed by atoms with E-state index in [1.54, 1.807) is 12.1 Å². The topological polar surface area (TPSA) is 81.7 Å². The highest BCUT2D eigenvalue weighted by Crippen LogP contribution is 2.34. The van der Waals surface area contributed by atoms with Crippen LogP contribution in [0.15, 0.2) is 95.9 Å². The second kappa shape index (κ2) is 14.4. The smallest absolute Gasteiger partial charge is 0.305 e. The molecule has 4 rings (SSSR count). The van der Waals surface area contributed by atoms with Gasteiger partial charge in [0.15, 0.2) is 0 Å². The van der Waals surface area contributed by atoms with Gasteiger partial charge in [0.1, 0.15) is 0 Å². The Morgan fingerprint density at radius 3 is 2.33 bits per heavy atom. The van der Waals surface area contributed by atoms with Crippen LogP contribution in [0.4, 0.5) is 0 Å². The number of esters is 1. The summed E-state index contributed by atoms with van der Waals surface area (Å²) >= 11 is 0. The van der Waals surface area contributed by atoms with Crippen molar-refractivity contribution in [1.82, 2.24) is 4.72 Å². The van der Waals surface area contributed by atoms with E-state index in [0.29, 0.717) is 25.9 Å². The predicted molar refractivity (Wildman–Crippen MR) is 158 cm³/mol. The number of allylic oxidation sites excluding steroid dienone is 2. The van der Waals surface area contributed by atoms with E-state index in [-0.39, 0.29) is 28.9 Å². The van der Waals surface area contributed by atoms with Gasteiger partial charge in [0.25, 0.3) is 0 Å². The summed E-state index contributed by atoms with van der Waals surface area (Å²) in [6.45, 7) is 2.40. The molecular formula is C33H39NO5S. The van der Waals surface area contributed by atoms with Gasteiger partial charge in [0.05, 0.1) is 24.7 Å². The Morgan fingerprint density at radius 1 is 0.925 bits per heavy atom. The Hall–Kier alpha value is -3.26. The van der Waals surface area contributed by atoms with E-state index in [4.69, 9.17) is 9.47 Å². The van der Waals surface area contributed by atoms with Crippen LogP contribution in [0.1, 0.15) is 49.7 Å². The molecule has 0 aromatic heterocycles. The molecule has 1 saturated carbocycles. The standard InChI is InChI=1S/C33H39NO5S/c1-25-14-20-29(21-15-25)40(36,37)34-31-22-23-32(30(31)12-8-3-4-9-13-33(35)38-2)39-24-26-16-18-28(19-17-26)27-10-6-5-7-11-27/h3,5-8,10-11,14-21,30-32,34H,4,9,12-13,22-24H2,1-2H3/t30-,31+,32+/m1/s1. The van der Waals surface area contributed by atoms with Crippen LogP contribution >= 0.6 is 0 Å². The molecular weight excluding hydrogens is 522 g/mol. The number of methoxy groups -OCH3 is 1. The third-order valence-corrected chi connectivity index (χ3v) is 8.98. The fourth-order valence-corrected chi connectivity index (χ4v) is 6.47. The number of nitrogens with one attached hydrogen (secondary N) is 1. The van der Waals surface area contributed by atoms with E-state index < -0.39 is 10.0 Å². The first-order valence-corrected chi connectivity index (χ1v) is 15.4. The lowest BCUT2D eigenvalue weighted by Gasteiger charge is -2.25. The first-order valence-electron chi connectivity index (χ1n) is 13.9. The molecule has 0 spiro atoms. The third kappa shape index (κ3) is 8.37. The number of sulfonamides is 1. The molecule has 3 aromatic rings. The quantitative estimate of drug-likeness (QED) is 0.145. The van der Waals surface area contributed by atoms with Crippen molar-refractivity contribution in [1.29, 1.82) is 0 Å². The second-order valence-electron chi connectivity index (χ2n) is 10.4. The highest BCUT2D eigenvalue weighted by Gasteiger charge is 2.38. The van der Waals surface area contributed by atoms with Crippen LogP contribution in [-0.4, -0.2) is 33.6 Å². The average molecular weight is 562 g/mol. The van der Waals surface area contributed by atoms with Crippen molar-refractivity contribution in [3.63, 3.8) is 0 Å². The summed E-state index contributed by atoms with van der Waals surface area (Å²) in [5.74, 6) is -0.208. The Morgan fingerprint density at radius 2 is 1.62 bits per heavy atom. The van der Waals surface area contributed by atoms with Crippen molar-refractivity contribution in [2.45, 2.75) is 69.1 Å². The summed E-state index contributed by atoms with van der Waals surface area (Å²) in [6, 6.07) is 25.3. The molecule has 7 heteroatoms. The van der Waals surface area contributed by atoms with Crippen LogP contribution in [-0.2, 0) is 30.9 Å². The molecule has 0 heterocycles. The summed E-state index contributed by atoms with van der Waals surface area (Å²) in [6.07, 6.45) is 8.14. The van der Waals surface area contributed by atoms with Gasteiger partial charge in [-0.15, -0.1) is 0 Å². The molecule has 1 aliphatic rings. The summed E-state index contributed by atoms with van der Waals surface area (Å²) in [5.41, 5.74) is 4.43. The Kier molecular flexibility index (Phi) is 10.7. The number of carbonyl (C=O) groups excluding carboxylic acids is 1. The van der Waals surface area contributed by atoms with Crippen molar-refractivity contribution in [3.8, 4) is 11.1 Å². The minimum absolute atomic E-state index is 0.000623. The van der Waals surface area contributed by atoms with E-state index >= 15 is 0 Å². The van der Waals surface area contributed by atoms with Crippen molar-refractivity contribution in [2.24, 2.45) is 5.92 Å². The monoisotopic (exact) mass is 561 g/mol. The van der Waals surface area contributed by atoms with Crippen molar-refractivity contribution < 1.29 is 22.7 Å². The number of carbonyl (C=O) groups is 1. The number of hydrogen-bond acceptors (Lipinski definition) is 5.